The van der Waals surface area contributed by atoms with Crippen molar-refractivity contribution < 1.29 is 9.90 Å². The Hall–Kier alpha value is -3.29. The van der Waals surface area contributed by atoms with Gasteiger partial charge in [-0.05, 0) is 6.92 Å². The van der Waals surface area contributed by atoms with Crippen LogP contribution in [0.2, 0.25) is 5.02 Å². The SMILES string of the molecule is CC(O)CNC(=O)Cn1nc(-c2ccccc2)c2c(Cl)c(-c3ccccc3)nnc21. The van der Waals surface area contributed by atoms with E-state index in [4.69, 9.17) is 11.6 Å². The Kier molecular flexibility index (Phi) is 5.74. The summed E-state index contributed by atoms with van der Waals surface area (Å²) in [5.74, 6) is -0.287. The van der Waals surface area contributed by atoms with Crippen LogP contribution in [-0.4, -0.2) is 43.6 Å². The molecule has 0 saturated heterocycles. The predicted octanol–water partition coefficient (Wildman–Crippen LogP) is 3.31. The van der Waals surface area contributed by atoms with Crippen molar-refractivity contribution in [3.63, 3.8) is 0 Å². The average Bonchev–Trinajstić information content (AvgIpc) is 3.13. The minimum atomic E-state index is -0.633. The molecule has 0 aliphatic carbocycles. The summed E-state index contributed by atoms with van der Waals surface area (Å²) in [5.41, 5.74) is 3.31. The lowest BCUT2D eigenvalue weighted by molar-refractivity contribution is -0.122. The number of carbonyl (C=O) groups excluding carboxylic acids is 1. The lowest BCUT2D eigenvalue weighted by atomic mass is 10.1. The van der Waals surface area contributed by atoms with Crippen molar-refractivity contribution in [2.75, 3.05) is 6.54 Å². The number of rotatable bonds is 6. The van der Waals surface area contributed by atoms with Gasteiger partial charge in [-0.25, -0.2) is 4.68 Å². The smallest absolute Gasteiger partial charge is 0.241 e. The van der Waals surface area contributed by atoms with Gasteiger partial charge in [0.15, 0.2) is 5.65 Å². The molecule has 1 amide bonds. The summed E-state index contributed by atoms with van der Waals surface area (Å²) in [4.78, 5) is 12.3. The van der Waals surface area contributed by atoms with Gasteiger partial charge in [-0.1, -0.05) is 72.3 Å². The normalized spacial score (nSPS) is 12.1. The average molecular weight is 422 g/mol. The van der Waals surface area contributed by atoms with Crippen molar-refractivity contribution in [3.8, 4) is 22.5 Å². The summed E-state index contributed by atoms with van der Waals surface area (Å²) in [7, 11) is 0. The van der Waals surface area contributed by atoms with E-state index in [9.17, 15) is 9.90 Å². The molecule has 4 aromatic rings. The number of nitrogens with one attached hydrogen (secondary N) is 1. The van der Waals surface area contributed by atoms with Gasteiger partial charge < -0.3 is 10.4 Å². The fourth-order valence-corrected chi connectivity index (χ4v) is 3.48. The Morgan fingerprint density at radius 2 is 1.63 bits per heavy atom. The Balaban J connectivity index is 1.84. The summed E-state index contributed by atoms with van der Waals surface area (Å²) in [6.45, 7) is 1.70. The number of aliphatic hydroxyl groups excluding tert-OH is 1. The van der Waals surface area contributed by atoms with Crippen LogP contribution >= 0.6 is 11.6 Å². The van der Waals surface area contributed by atoms with Crippen LogP contribution in [0.5, 0.6) is 0 Å². The first kappa shape index (κ1) is 20.0. The summed E-state index contributed by atoms with van der Waals surface area (Å²) in [6.07, 6.45) is -0.633. The Labute approximate surface area is 178 Å². The molecule has 30 heavy (non-hydrogen) atoms. The molecule has 0 radical (unpaired) electrons. The highest BCUT2D eigenvalue weighted by molar-refractivity contribution is 6.38. The molecule has 7 nitrogen and oxygen atoms in total. The molecule has 0 fully saturated rings. The quantitative estimate of drug-likeness (QED) is 0.498. The fourth-order valence-electron chi connectivity index (χ4n) is 3.16. The number of halogens is 1. The number of fused-ring (bicyclic) bond motifs is 1. The molecule has 0 aliphatic rings. The van der Waals surface area contributed by atoms with Crippen molar-refractivity contribution in [2.24, 2.45) is 0 Å². The van der Waals surface area contributed by atoms with Crippen molar-refractivity contribution in [1.29, 1.82) is 0 Å². The Morgan fingerprint density at radius 3 is 2.23 bits per heavy atom. The fraction of sp³-hybridized carbons (Fsp3) is 0.182. The molecule has 2 heterocycles. The highest BCUT2D eigenvalue weighted by atomic mass is 35.5. The zero-order chi connectivity index (χ0) is 21.1. The first-order valence-electron chi connectivity index (χ1n) is 9.53. The minimum absolute atomic E-state index is 0.0637. The molecule has 2 aromatic heterocycles. The van der Waals surface area contributed by atoms with Crippen molar-refractivity contribution in [3.05, 3.63) is 65.7 Å². The van der Waals surface area contributed by atoms with Crippen molar-refractivity contribution in [1.82, 2.24) is 25.3 Å². The van der Waals surface area contributed by atoms with E-state index in [0.717, 1.165) is 11.1 Å². The van der Waals surface area contributed by atoms with Crippen LogP contribution in [0.3, 0.4) is 0 Å². The van der Waals surface area contributed by atoms with Gasteiger partial charge >= 0.3 is 0 Å². The van der Waals surface area contributed by atoms with Crippen LogP contribution in [0.15, 0.2) is 60.7 Å². The van der Waals surface area contributed by atoms with E-state index >= 15 is 0 Å². The minimum Gasteiger partial charge on any atom is -0.392 e. The topological polar surface area (TPSA) is 92.9 Å². The molecule has 1 unspecified atom stereocenters. The predicted molar refractivity (Wildman–Crippen MR) is 116 cm³/mol. The number of benzene rings is 2. The van der Waals surface area contributed by atoms with Crippen molar-refractivity contribution >= 4 is 28.5 Å². The third-order valence-corrected chi connectivity index (χ3v) is 4.95. The van der Waals surface area contributed by atoms with Gasteiger partial charge in [-0.15, -0.1) is 10.2 Å². The highest BCUT2D eigenvalue weighted by Crippen LogP contribution is 2.37. The van der Waals surface area contributed by atoms with E-state index in [1.807, 2.05) is 60.7 Å². The second kappa shape index (κ2) is 8.61. The van der Waals surface area contributed by atoms with E-state index in [1.54, 1.807) is 6.92 Å². The largest absolute Gasteiger partial charge is 0.392 e. The Morgan fingerprint density at radius 1 is 1.03 bits per heavy atom. The maximum Gasteiger partial charge on any atom is 0.241 e. The first-order valence-corrected chi connectivity index (χ1v) is 9.90. The van der Waals surface area contributed by atoms with Gasteiger partial charge in [-0.3, -0.25) is 4.79 Å². The number of aromatic nitrogens is 4. The number of hydrogen-bond acceptors (Lipinski definition) is 5. The standard InChI is InChI=1S/C22H20ClN5O2/c1-14(29)12-24-17(30)13-28-22-18(20(27-28)15-8-4-2-5-9-15)19(23)21(25-26-22)16-10-6-3-7-11-16/h2-11,14,29H,12-13H2,1H3,(H,24,30). The van der Waals surface area contributed by atoms with E-state index in [2.05, 4.69) is 20.6 Å². The molecule has 0 bridgehead atoms. The summed E-state index contributed by atoms with van der Waals surface area (Å²) in [5, 5.41) is 26.4. The number of aliphatic hydroxyl groups is 1. The molecule has 8 heteroatoms. The highest BCUT2D eigenvalue weighted by Gasteiger charge is 2.22. The Bertz CT molecular complexity index is 1180. The molecular formula is C22H20ClN5O2. The first-order chi connectivity index (χ1) is 14.5. The third kappa shape index (κ3) is 4.03. The number of nitrogens with zero attached hydrogens (tertiary/aromatic N) is 4. The van der Waals surface area contributed by atoms with Crippen molar-refractivity contribution in [2.45, 2.75) is 19.6 Å². The van der Waals surface area contributed by atoms with E-state index in [0.29, 0.717) is 27.4 Å². The third-order valence-electron chi connectivity index (χ3n) is 4.58. The lowest BCUT2D eigenvalue weighted by Crippen LogP contribution is -2.33. The maximum absolute atomic E-state index is 12.3. The summed E-state index contributed by atoms with van der Waals surface area (Å²) in [6, 6.07) is 19.2. The molecule has 4 rings (SSSR count). The van der Waals surface area contributed by atoms with Gasteiger partial charge in [0.05, 0.1) is 16.5 Å². The maximum atomic E-state index is 12.3. The molecule has 0 aliphatic heterocycles. The number of carbonyl (C=O) groups is 1. The second-order valence-corrected chi connectivity index (χ2v) is 7.33. The zero-order valence-electron chi connectivity index (χ0n) is 16.3. The second-order valence-electron chi connectivity index (χ2n) is 6.95. The van der Waals surface area contributed by atoms with Gasteiger partial charge in [0.25, 0.3) is 0 Å². The van der Waals surface area contributed by atoms with Crippen LogP contribution in [0.1, 0.15) is 6.92 Å². The van der Waals surface area contributed by atoms with Crippen LogP contribution in [0.25, 0.3) is 33.5 Å². The van der Waals surface area contributed by atoms with Crippen LogP contribution in [0, 0.1) is 0 Å². The van der Waals surface area contributed by atoms with E-state index in [-0.39, 0.29) is 19.0 Å². The number of hydrogen-bond donors (Lipinski definition) is 2. The van der Waals surface area contributed by atoms with E-state index < -0.39 is 6.10 Å². The van der Waals surface area contributed by atoms with Crippen LogP contribution in [-0.2, 0) is 11.3 Å². The molecule has 0 spiro atoms. The molecule has 1 atom stereocenters. The summed E-state index contributed by atoms with van der Waals surface area (Å²) >= 11 is 6.79. The van der Waals surface area contributed by atoms with E-state index in [1.165, 1.54) is 4.68 Å². The molecule has 0 saturated carbocycles. The summed E-state index contributed by atoms with van der Waals surface area (Å²) < 4.78 is 1.49. The van der Waals surface area contributed by atoms with Gasteiger partial charge in [0.1, 0.15) is 17.9 Å². The molecule has 2 N–H and O–H groups in total. The monoisotopic (exact) mass is 421 g/mol. The van der Waals surface area contributed by atoms with Gasteiger partial charge in [0, 0.05) is 17.7 Å². The molecular weight excluding hydrogens is 402 g/mol. The molecule has 152 valence electrons. The van der Waals surface area contributed by atoms with Gasteiger partial charge in [-0.2, -0.15) is 5.10 Å². The zero-order valence-corrected chi connectivity index (χ0v) is 17.0. The number of amides is 1. The lowest BCUT2D eigenvalue weighted by Gasteiger charge is -2.08. The van der Waals surface area contributed by atoms with Crippen LogP contribution in [0.4, 0.5) is 0 Å². The van der Waals surface area contributed by atoms with Gasteiger partial charge in [0.2, 0.25) is 5.91 Å². The van der Waals surface area contributed by atoms with Crippen LogP contribution < -0.4 is 5.32 Å². The molecule has 2 aromatic carbocycles.